The summed E-state index contributed by atoms with van der Waals surface area (Å²) in [6, 6.07) is 1.83. The first kappa shape index (κ1) is 15.8. The predicted molar refractivity (Wildman–Crippen MR) is 84.0 cm³/mol. The zero-order valence-corrected chi connectivity index (χ0v) is 13.5. The molecule has 2 aromatic rings. The third-order valence-electron chi connectivity index (χ3n) is 3.62. The minimum absolute atomic E-state index is 0.0538. The topological polar surface area (TPSA) is 89.9 Å². The van der Waals surface area contributed by atoms with Crippen molar-refractivity contribution in [2.75, 3.05) is 12.4 Å². The number of carbonyl (C=O) groups is 1. The SMILES string of the molecule is COCc1cnc(NC(=O)C2CC2c2nccc(C)n2)nc1Cl. The molecule has 0 radical (unpaired) electrons. The van der Waals surface area contributed by atoms with E-state index >= 15 is 0 Å². The standard InChI is InChI=1S/C15H16ClN5O2/c1-8-3-4-17-13(19-8)10-5-11(10)14(22)21-15-18-6-9(7-23-2)12(16)20-15/h3-4,6,10-11H,5,7H2,1-2H3,(H,18,20,21,22). The van der Waals surface area contributed by atoms with Gasteiger partial charge in [-0.3, -0.25) is 10.1 Å². The van der Waals surface area contributed by atoms with E-state index in [1.165, 1.54) is 0 Å². The number of nitrogens with zero attached hydrogens (tertiary/aromatic N) is 4. The highest BCUT2D eigenvalue weighted by Crippen LogP contribution is 2.46. The Bertz CT molecular complexity index is 740. The number of amides is 1. The molecule has 0 aliphatic heterocycles. The first-order valence-corrected chi connectivity index (χ1v) is 7.57. The Morgan fingerprint density at radius 2 is 2.26 bits per heavy atom. The number of aromatic nitrogens is 4. The molecule has 7 nitrogen and oxygen atoms in total. The van der Waals surface area contributed by atoms with E-state index in [9.17, 15) is 4.79 Å². The van der Waals surface area contributed by atoms with E-state index in [2.05, 4.69) is 25.3 Å². The van der Waals surface area contributed by atoms with Crippen molar-refractivity contribution in [3.63, 3.8) is 0 Å². The van der Waals surface area contributed by atoms with Gasteiger partial charge in [-0.05, 0) is 19.4 Å². The van der Waals surface area contributed by atoms with E-state index in [1.54, 1.807) is 19.5 Å². The van der Waals surface area contributed by atoms with E-state index in [4.69, 9.17) is 16.3 Å². The molecule has 1 aliphatic carbocycles. The summed E-state index contributed by atoms with van der Waals surface area (Å²) < 4.78 is 4.98. The van der Waals surface area contributed by atoms with E-state index in [0.717, 1.165) is 12.1 Å². The lowest BCUT2D eigenvalue weighted by molar-refractivity contribution is -0.117. The monoisotopic (exact) mass is 333 g/mol. The van der Waals surface area contributed by atoms with Crippen molar-refractivity contribution in [2.24, 2.45) is 5.92 Å². The van der Waals surface area contributed by atoms with Crippen LogP contribution in [0, 0.1) is 12.8 Å². The third kappa shape index (κ3) is 3.62. The second kappa shape index (κ2) is 6.55. The van der Waals surface area contributed by atoms with Crippen molar-refractivity contribution in [2.45, 2.75) is 25.9 Å². The number of methoxy groups -OCH3 is 1. The van der Waals surface area contributed by atoms with Crippen molar-refractivity contribution < 1.29 is 9.53 Å². The Labute approximate surface area is 138 Å². The highest BCUT2D eigenvalue weighted by atomic mass is 35.5. The van der Waals surface area contributed by atoms with Crippen LogP contribution in [-0.4, -0.2) is 33.0 Å². The average Bonchev–Trinajstić information content (AvgIpc) is 3.31. The maximum Gasteiger partial charge on any atom is 0.230 e. The molecular weight excluding hydrogens is 318 g/mol. The number of ether oxygens (including phenoxy) is 1. The van der Waals surface area contributed by atoms with E-state index in [-0.39, 0.29) is 28.8 Å². The van der Waals surface area contributed by atoms with Gasteiger partial charge in [-0.25, -0.2) is 19.9 Å². The van der Waals surface area contributed by atoms with Gasteiger partial charge in [0.05, 0.1) is 6.61 Å². The zero-order chi connectivity index (χ0) is 16.4. The zero-order valence-electron chi connectivity index (χ0n) is 12.8. The number of halogens is 1. The van der Waals surface area contributed by atoms with Gasteiger partial charge in [0.1, 0.15) is 11.0 Å². The summed E-state index contributed by atoms with van der Waals surface area (Å²) in [7, 11) is 1.56. The predicted octanol–water partition coefficient (Wildman–Crippen LogP) is 2.12. The van der Waals surface area contributed by atoms with E-state index < -0.39 is 0 Å². The van der Waals surface area contributed by atoms with Crippen LogP contribution >= 0.6 is 11.6 Å². The Hall–Kier alpha value is -2.12. The summed E-state index contributed by atoms with van der Waals surface area (Å²) in [6.45, 7) is 2.22. The molecule has 0 aromatic carbocycles. The van der Waals surface area contributed by atoms with Gasteiger partial charge in [-0.1, -0.05) is 11.6 Å². The molecule has 120 valence electrons. The van der Waals surface area contributed by atoms with Crippen LogP contribution in [0.5, 0.6) is 0 Å². The van der Waals surface area contributed by atoms with Crippen LogP contribution in [0.25, 0.3) is 0 Å². The van der Waals surface area contributed by atoms with Gasteiger partial charge in [0.15, 0.2) is 0 Å². The van der Waals surface area contributed by atoms with Crippen LogP contribution in [0.15, 0.2) is 18.5 Å². The largest absolute Gasteiger partial charge is 0.380 e. The summed E-state index contributed by atoms with van der Waals surface area (Å²) >= 11 is 6.03. The molecule has 23 heavy (non-hydrogen) atoms. The number of hydrogen-bond acceptors (Lipinski definition) is 6. The molecule has 2 aromatic heterocycles. The normalized spacial score (nSPS) is 19.4. The van der Waals surface area contributed by atoms with Crippen LogP contribution in [0.4, 0.5) is 5.95 Å². The van der Waals surface area contributed by atoms with Gasteiger partial charge in [-0.15, -0.1) is 0 Å². The lowest BCUT2D eigenvalue weighted by atomic mass is 10.2. The van der Waals surface area contributed by atoms with Crippen LogP contribution < -0.4 is 5.32 Å². The number of anilines is 1. The molecule has 1 N–H and O–H groups in total. The maximum absolute atomic E-state index is 12.3. The number of nitrogens with one attached hydrogen (secondary N) is 1. The van der Waals surface area contributed by atoms with Crippen molar-refractivity contribution in [1.82, 2.24) is 19.9 Å². The molecule has 1 fully saturated rings. The van der Waals surface area contributed by atoms with Gasteiger partial charge in [0.2, 0.25) is 11.9 Å². The first-order chi connectivity index (χ1) is 11.1. The molecule has 0 bridgehead atoms. The third-order valence-corrected chi connectivity index (χ3v) is 3.95. The minimum atomic E-state index is -0.155. The summed E-state index contributed by atoms with van der Waals surface area (Å²) in [5.74, 6) is 0.654. The highest BCUT2D eigenvalue weighted by Gasteiger charge is 2.46. The van der Waals surface area contributed by atoms with E-state index in [1.807, 2.05) is 13.0 Å². The fourth-order valence-corrected chi connectivity index (χ4v) is 2.50. The maximum atomic E-state index is 12.3. The quantitative estimate of drug-likeness (QED) is 0.843. The summed E-state index contributed by atoms with van der Waals surface area (Å²) in [6.07, 6.45) is 3.98. The first-order valence-electron chi connectivity index (χ1n) is 7.19. The van der Waals surface area contributed by atoms with Crippen molar-refractivity contribution in [3.8, 4) is 0 Å². The highest BCUT2D eigenvalue weighted by molar-refractivity contribution is 6.30. The Kier molecular flexibility index (Phi) is 4.49. The van der Waals surface area contributed by atoms with Crippen molar-refractivity contribution >= 4 is 23.5 Å². The van der Waals surface area contributed by atoms with Gasteiger partial charge in [-0.2, -0.15) is 0 Å². The minimum Gasteiger partial charge on any atom is -0.380 e. The lowest BCUT2D eigenvalue weighted by Crippen LogP contribution is -2.17. The molecule has 1 aliphatic rings. The molecule has 1 saturated carbocycles. The van der Waals surface area contributed by atoms with Gasteiger partial charge in [0.25, 0.3) is 0 Å². The smallest absolute Gasteiger partial charge is 0.230 e. The molecule has 0 saturated heterocycles. The number of carbonyl (C=O) groups excluding carboxylic acids is 1. The van der Waals surface area contributed by atoms with Crippen molar-refractivity contribution in [1.29, 1.82) is 0 Å². The molecule has 1 amide bonds. The number of rotatable bonds is 5. The molecule has 0 spiro atoms. The molecule has 3 rings (SSSR count). The molecular formula is C15H16ClN5O2. The van der Waals surface area contributed by atoms with Gasteiger partial charge >= 0.3 is 0 Å². The molecule has 2 unspecified atom stereocenters. The average molecular weight is 334 g/mol. The number of aryl methyl sites for hydroxylation is 1. The molecule has 8 heteroatoms. The fraction of sp³-hybridized carbons (Fsp3) is 0.400. The Balaban J connectivity index is 1.63. The van der Waals surface area contributed by atoms with Gasteiger partial charge in [0, 0.05) is 42.6 Å². The van der Waals surface area contributed by atoms with E-state index in [0.29, 0.717) is 18.0 Å². The molecule has 2 atom stereocenters. The number of hydrogen-bond donors (Lipinski definition) is 1. The van der Waals surface area contributed by atoms with Crippen molar-refractivity contribution in [3.05, 3.63) is 40.7 Å². The summed E-state index contributed by atoms with van der Waals surface area (Å²) in [4.78, 5) is 29.0. The fourth-order valence-electron chi connectivity index (χ4n) is 2.32. The summed E-state index contributed by atoms with van der Waals surface area (Å²) in [5, 5.41) is 2.96. The lowest BCUT2D eigenvalue weighted by Gasteiger charge is -2.06. The second-order valence-electron chi connectivity index (χ2n) is 5.44. The Morgan fingerprint density at radius 3 is 2.96 bits per heavy atom. The van der Waals surface area contributed by atoms with Crippen LogP contribution in [0.3, 0.4) is 0 Å². The van der Waals surface area contributed by atoms with Crippen LogP contribution in [0.2, 0.25) is 5.15 Å². The summed E-state index contributed by atoms with van der Waals surface area (Å²) in [5.41, 5.74) is 1.56. The Morgan fingerprint density at radius 1 is 1.43 bits per heavy atom. The second-order valence-corrected chi connectivity index (χ2v) is 5.79. The van der Waals surface area contributed by atoms with Crippen LogP contribution in [0.1, 0.15) is 29.4 Å². The van der Waals surface area contributed by atoms with Crippen LogP contribution in [-0.2, 0) is 16.1 Å². The van der Waals surface area contributed by atoms with Gasteiger partial charge < -0.3 is 4.74 Å². The molecule has 2 heterocycles.